The first-order chi connectivity index (χ1) is 10.3. The summed E-state index contributed by atoms with van der Waals surface area (Å²) in [5.41, 5.74) is 8.12. The lowest BCUT2D eigenvalue weighted by Crippen LogP contribution is -2.04. The van der Waals surface area contributed by atoms with E-state index < -0.39 is 0 Å². The Morgan fingerprint density at radius 2 is 1.95 bits per heavy atom. The van der Waals surface area contributed by atoms with Crippen molar-refractivity contribution < 1.29 is 0 Å². The average Bonchev–Trinajstić information content (AvgIpc) is 3.02. The van der Waals surface area contributed by atoms with Crippen LogP contribution in [0.15, 0.2) is 55.1 Å². The van der Waals surface area contributed by atoms with Crippen LogP contribution in [0.25, 0.3) is 5.69 Å². The van der Waals surface area contributed by atoms with Crippen LogP contribution >= 0.6 is 0 Å². The van der Waals surface area contributed by atoms with Gasteiger partial charge in [0.1, 0.15) is 18.0 Å². The Labute approximate surface area is 121 Å². The molecule has 0 unspecified atom stereocenters. The lowest BCUT2D eigenvalue weighted by atomic mass is 10.2. The highest BCUT2D eigenvalue weighted by molar-refractivity contribution is 5.91. The molecule has 0 aliphatic carbocycles. The monoisotopic (exact) mass is 278 g/mol. The molecule has 0 radical (unpaired) electrons. The second-order valence-corrected chi connectivity index (χ2v) is 4.43. The molecule has 1 aromatic carbocycles. The number of anilines is 3. The number of benzene rings is 1. The Morgan fingerprint density at radius 1 is 1.14 bits per heavy atom. The quantitative estimate of drug-likeness (QED) is 0.639. The molecule has 0 saturated heterocycles. The van der Waals surface area contributed by atoms with Crippen molar-refractivity contribution in [1.82, 2.24) is 14.5 Å². The van der Waals surface area contributed by atoms with Gasteiger partial charge in [-0.15, -0.1) is 0 Å². The van der Waals surface area contributed by atoms with Gasteiger partial charge in [-0.05, 0) is 30.3 Å². The number of nitrogen functional groups attached to an aromatic ring is 1. The van der Waals surface area contributed by atoms with E-state index in [4.69, 9.17) is 11.1 Å². The van der Waals surface area contributed by atoms with Crippen molar-refractivity contribution in [3.8, 4) is 5.69 Å². The summed E-state index contributed by atoms with van der Waals surface area (Å²) in [4.78, 5) is 8.02. The molecule has 0 aliphatic heterocycles. The second kappa shape index (κ2) is 5.46. The average molecular weight is 278 g/mol. The Kier molecular flexibility index (Phi) is 3.34. The van der Waals surface area contributed by atoms with Crippen LogP contribution in [0.3, 0.4) is 0 Å². The van der Waals surface area contributed by atoms with Gasteiger partial charge in [0.15, 0.2) is 0 Å². The Morgan fingerprint density at radius 3 is 2.71 bits per heavy atom. The zero-order valence-electron chi connectivity index (χ0n) is 11.2. The fraction of sp³-hybridized carbons (Fsp3) is 0. The normalized spacial score (nSPS) is 10.3. The smallest absolute Gasteiger partial charge is 0.144 e. The summed E-state index contributed by atoms with van der Waals surface area (Å²) in [6.07, 6.45) is 6.48. The SMILES string of the molecule is N=Cc1c(N)ncnc1Nc1cccc(-n2cccc2)c1. The number of hydrogen-bond donors (Lipinski definition) is 3. The zero-order valence-corrected chi connectivity index (χ0v) is 11.2. The maximum Gasteiger partial charge on any atom is 0.144 e. The van der Waals surface area contributed by atoms with E-state index in [-0.39, 0.29) is 5.82 Å². The van der Waals surface area contributed by atoms with Gasteiger partial charge in [-0.1, -0.05) is 6.07 Å². The number of rotatable bonds is 4. The number of nitrogens with zero attached hydrogens (tertiary/aromatic N) is 3. The van der Waals surface area contributed by atoms with Crippen molar-refractivity contribution in [1.29, 1.82) is 5.41 Å². The predicted octanol–water partition coefficient (Wildman–Crippen LogP) is 2.59. The standard InChI is InChI=1S/C15H14N6/c16-9-13-14(17)18-10-19-15(13)20-11-4-3-5-12(8-11)21-6-1-2-7-21/h1-10,16H,(H3,17,18,19,20). The molecule has 6 heteroatoms. The second-order valence-electron chi connectivity index (χ2n) is 4.43. The van der Waals surface area contributed by atoms with Gasteiger partial charge in [-0.3, -0.25) is 0 Å². The first kappa shape index (κ1) is 12.9. The molecule has 3 aromatic rings. The molecule has 0 amide bonds. The van der Waals surface area contributed by atoms with Crippen molar-refractivity contribution in [3.63, 3.8) is 0 Å². The van der Waals surface area contributed by atoms with Gasteiger partial charge >= 0.3 is 0 Å². The van der Waals surface area contributed by atoms with Crippen LogP contribution in [-0.4, -0.2) is 20.7 Å². The summed E-state index contributed by atoms with van der Waals surface area (Å²) < 4.78 is 2.01. The van der Waals surface area contributed by atoms with E-state index >= 15 is 0 Å². The van der Waals surface area contributed by atoms with E-state index in [0.29, 0.717) is 11.4 Å². The van der Waals surface area contributed by atoms with Crippen LogP contribution in [-0.2, 0) is 0 Å². The van der Waals surface area contributed by atoms with Crippen LogP contribution in [0, 0.1) is 5.41 Å². The third-order valence-corrected chi connectivity index (χ3v) is 3.07. The van der Waals surface area contributed by atoms with Crippen molar-refractivity contribution in [2.24, 2.45) is 0 Å². The molecule has 4 N–H and O–H groups in total. The van der Waals surface area contributed by atoms with Gasteiger partial charge < -0.3 is 21.0 Å². The lowest BCUT2D eigenvalue weighted by molar-refractivity contribution is 1.08. The summed E-state index contributed by atoms with van der Waals surface area (Å²) in [5.74, 6) is 0.797. The number of nitrogens with one attached hydrogen (secondary N) is 2. The van der Waals surface area contributed by atoms with Gasteiger partial charge in [0.05, 0.1) is 5.56 Å². The summed E-state index contributed by atoms with van der Waals surface area (Å²) in [6, 6.07) is 11.8. The van der Waals surface area contributed by atoms with Gasteiger partial charge in [-0.25, -0.2) is 9.97 Å². The minimum absolute atomic E-state index is 0.282. The third-order valence-electron chi connectivity index (χ3n) is 3.07. The molecule has 0 bridgehead atoms. The number of nitrogens with two attached hydrogens (primary N) is 1. The topological polar surface area (TPSA) is 92.6 Å². The summed E-state index contributed by atoms with van der Waals surface area (Å²) in [6.45, 7) is 0. The highest BCUT2D eigenvalue weighted by atomic mass is 15.0. The molecule has 2 aromatic heterocycles. The van der Waals surface area contributed by atoms with Crippen molar-refractivity contribution in [2.45, 2.75) is 0 Å². The van der Waals surface area contributed by atoms with Gasteiger partial charge in [-0.2, -0.15) is 0 Å². The summed E-state index contributed by atoms with van der Waals surface area (Å²) in [5, 5.41) is 10.6. The highest BCUT2D eigenvalue weighted by Crippen LogP contribution is 2.22. The Bertz CT molecular complexity index is 764. The maximum absolute atomic E-state index is 7.42. The van der Waals surface area contributed by atoms with Gasteiger partial charge in [0.2, 0.25) is 0 Å². The summed E-state index contributed by atoms with van der Waals surface area (Å²) in [7, 11) is 0. The van der Waals surface area contributed by atoms with Crippen molar-refractivity contribution in [3.05, 3.63) is 60.7 Å². The minimum atomic E-state index is 0.282. The molecule has 0 fully saturated rings. The highest BCUT2D eigenvalue weighted by Gasteiger charge is 2.07. The largest absolute Gasteiger partial charge is 0.383 e. The Hall–Kier alpha value is -3.15. The molecule has 21 heavy (non-hydrogen) atoms. The van der Waals surface area contributed by atoms with E-state index in [2.05, 4.69) is 15.3 Å². The van der Waals surface area contributed by atoms with Gasteiger partial charge in [0.25, 0.3) is 0 Å². The van der Waals surface area contributed by atoms with E-state index in [1.165, 1.54) is 6.33 Å². The number of aromatic nitrogens is 3. The van der Waals surface area contributed by atoms with E-state index in [9.17, 15) is 0 Å². The molecular weight excluding hydrogens is 264 g/mol. The summed E-state index contributed by atoms with van der Waals surface area (Å²) >= 11 is 0. The molecule has 0 atom stereocenters. The van der Waals surface area contributed by atoms with E-state index in [1.54, 1.807) is 0 Å². The molecule has 2 heterocycles. The zero-order chi connectivity index (χ0) is 14.7. The maximum atomic E-state index is 7.42. The molecule has 0 spiro atoms. The minimum Gasteiger partial charge on any atom is -0.383 e. The third kappa shape index (κ3) is 2.59. The first-order valence-electron chi connectivity index (χ1n) is 6.39. The van der Waals surface area contributed by atoms with Crippen LogP contribution in [0.1, 0.15) is 5.56 Å². The van der Waals surface area contributed by atoms with Crippen molar-refractivity contribution >= 4 is 23.5 Å². The molecule has 0 saturated carbocycles. The molecular formula is C15H14N6. The van der Waals surface area contributed by atoms with Crippen LogP contribution in [0.5, 0.6) is 0 Å². The van der Waals surface area contributed by atoms with Gasteiger partial charge in [0, 0.05) is 30.0 Å². The molecule has 6 nitrogen and oxygen atoms in total. The lowest BCUT2D eigenvalue weighted by Gasteiger charge is -2.11. The van der Waals surface area contributed by atoms with Crippen LogP contribution < -0.4 is 11.1 Å². The molecule has 0 aliphatic rings. The van der Waals surface area contributed by atoms with E-state index in [1.807, 2.05) is 53.4 Å². The fourth-order valence-corrected chi connectivity index (χ4v) is 2.04. The predicted molar refractivity (Wildman–Crippen MR) is 83.4 cm³/mol. The van der Waals surface area contributed by atoms with E-state index in [0.717, 1.165) is 17.6 Å². The van der Waals surface area contributed by atoms with Crippen LogP contribution in [0.2, 0.25) is 0 Å². The molecule has 3 rings (SSSR count). The van der Waals surface area contributed by atoms with Crippen molar-refractivity contribution in [2.75, 3.05) is 11.1 Å². The first-order valence-corrected chi connectivity index (χ1v) is 6.39. The molecule has 104 valence electrons. The number of hydrogen-bond acceptors (Lipinski definition) is 5. The van der Waals surface area contributed by atoms with Crippen LogP contribution in [0.4, 0.5) is 17.3 Å². The Balaban J connectivity index is 1.94. The fourth-order valence-electron chi connectivity index (χ4n) is 2.04.